The number of nitrogens with one attached hydrogen (secondary N) is 2. The predicted octanol–water partition coefficient (Wildman–Crippen LogP) is 6.11. The largest absolute Gasteiger partial charge is 0.493 e. The molecule has 1 aromatic heterocycles. The van der Waals surface area contributed by atoms with E-state index in [-0.39, 0.29) is 0 Å². The molecule has 2 amide bonds. The number of fused-ring (bicyclic) bond motifs is 1. The highest BCUT2D eigenvalue weighted by molar-refractivity contribution is 5.99. The number of carbonyl (C=O) groups excluding carboxylic acids is 1. The zero-order valence-corrected chi connectivity index (χ0v) is 18.0. The zero-order valence-electron chi connectivity index (χ0n) is 18.0. The minimum absolute atomic E-state index is 0.353. The first-order chi connectivity index (χ1) is 16.4. The van der Waals surface area contributed by atoms with Crippen LogP contribution < -0.4 is 24.8 Å². The summed E-state index contributed by atoms with van der Waals surface area (Å²) < 4.78 is 56.6. The van der Waals surface area contributed by atoms with Crippen LogP contribution in [0.25, 0.3) is 10.9 Å². The number of ether oxygens (including phenoxy) is 3. The summed E-state index contributed by atoms with van der Waals surface area (Å²) in [5, 5.41) is 5.30. The highest BCUT2D eigenvalue weighted by Crippen LogP contribution is 2.37. The smallest absolute Gasteiger partial charge is 0.323 e. The van der Waals surface area contributed by atoms with E-state index in [2.05, 4.69) is 15.6 Å². The summed E-state index contributed by atoms with van der Waals surface area (Å²) in [5.41, 5.74) is 0.515. The van der Waals surface area contributed by atoms with Gasteiger partial charge in [-0.3, -0.25) is 4.98 Å². The fourth-order valence-corrected chi connectivity index (χ4v) is 3.17. The third-order valence-electron chi connectivity index (χ3n) is 4.81. The van der Waals surface area contributed by atoms with E-state index in [0.717, 1.165) is 0 Å². The van der Waals surface area contributed by atoms with Crippen molar-refractivity contribution in [3.05, 3.63) is 78.2 Å². The monoisotopic (exact) mass is 469 g/mol. The van der Waals surface area contributed by atoms with Crippen LogP contribution in [0.4, 0.5) is 29.3 Å². The number of amides is 2. The van der Waals surface area contributed by atoms with Crippen LogP contribution in [-0.2, 0) is 0 Å². The molecule has 3 aromatic carbocycles. The van der Waals surface area contributed by atoms with E-state index in [1.165, 1.54) is 14.2 Å². The molecule has 34 heavy (non-hydrogen) atoms. The highest BCUT2D eigenvalue weighted by atomic mass is 19.2. The second-order valence-electron chi connectivity index (χ2n) is 6.99. The number of rotatable bonds is 6. The van der Waals surface area contributed by atoms with E-state index in [9.17, 15) is 18.0 Å². The second-order valence-corrected chi connectivity index (χ2v) is 6.99. The Labute approximate surface area is 192 Å². The molecular weight excluding hydrogens is 451 g/mol. The Morgan fingerprint density at radius 2 is 1.47 bits per heavy atom. The van der Waals surface area contributed by atoms with Gasteiger partial charge in [-0.2, -0.15) is 0 Å². The molecule has 0 spiro atoms. The van der Waals surface area contributed by atoms with Crippen molar-refractivity contribution in [2.75, 3.05) is 24.9 Å². The molecule has 4 rings (SSSR count). The van der Waals surface area contributed by atoms with E-state index in [4.69, 9.17) is 14.2 Å². The number of halogens is 3. The van der Waals surface area contributed by atoms with Gasteiger partial charge in [0.25, 0.3) is 0 Å². The topological polar surface area (TPSA) is 81.7 Å². The molecule has 1 heterocycles. The van der Waals surface area contributed by atoms with E-state index in [1.807, 2.05) is 0 Å². The van der Waals surface area contributed by atoms with Crippen molar-refractivity contribution in [1.29, 1.82) is 0 Å². The Hall–Kier alpha value is -4.47. The highest BCUT2D eigenvalue weighted by Gasteiger charge is 2.13. The molecule has 174 valence electrons. The van der Waals surface area contributed by atoms with Crippen molar-refractivity contribution in [2.45, 2.75) is 0 Å². The molecule has 7 nitrogen and oxygen atoms in total. The van der Waals surface area contributed by atoms with E-state index in [0.29, 0.717) is 51.7 Å². The van der Waals surface area contributed by atoms with Crippen LogP contribution in [0.5, 0.6) is 23.0 Å². The molecule has 0 bridgehead atoms. The van der Waals surface area contributed by atoms with E-state index < -0.39 is 29.2 Å². The van der Waals surface area contributed by atoms with Gasteiger partial charge in [-0.15, -0.1) is 0 Å². The van der Waals surface area contributed by atoms with Crippen LogP contribution in [0.15, 0.2) is 60.8 Å². The lowest BCUT2D eigenvalue weighted by atomic mass is 10.2. The number of carbonyl (C=O) groups is 1. The van der Waals surface area contributed by atoms with Gasteiger partial charge in [0.2, 0.25) is 0 Å². The Morgan fingerprint density at radius 1 is 0.794 bits per heavy atom. The Balaban J connectivity index is 1.48. The Bertz CT molecular complexity index is 1360. The third-order valence-corrected chi connectivity index (χ3v) is 4.81. The second kappa shape index (κ2) is 9.57. The standard InChI is InChI=1S/C24H18F3N3O4/c1-32-22-9-15-19(12-23(22)33-2)28-8-7-21(15)34-14-5-3-13(4-6-14)29-24(31)30-20-11-17(26)16(25)10-18(20)27/h3-12H,1-2H3,(H2,29,30,31). The summed E-state index contributed by atoms with van der Waals surface area (Å²) in [7, 11) is 3.07. The van der Waals surface area contributed by atoms with Gasteiger partial charge in [0.05, 0.1) is 25.4 Å². The molecule has 0 aliphatic carbocycles. The number of hydrogen-bond donors (Lipinski definition) is 2. The summed E-state index contributed by atoms with van der Waals surface area (Å²) in [5.74, 6) is -1.67. The average molecular weight is 469 g/mol. The number of benzene rings is 3. The molecule has 0 saturated carbocycles. The SMILES string of the molecule is COc1cc2nccc(Oc3ccc(NC(=O)Nc4cc(F)c(F)cc4F)cc3)c2cc1OC. The summed E-state index contributed by atoms with van der Waals surface area (Å²) in [6.45, 7) is 0. The summed E-state index contributed by atoms with van der Waals surface area (Å²) in [6, 6.07) is 11.6. The van der Waals surface area contributed by atoms with Gasteiger partial charge in [-0.25, -0.2) is 18.0 Å². The Morgan fingerprint density at radius 3 is 2.18 bits per heavy atom. The van der Waals surface area contributed by atoms with Gasteiger partial charge in [-0.1, -0.05) is 0 Å². The normalized spacial score (nSPS) is 10.6. The van der Waals surface area contributed by atoms with Gasteiger partial charge >= 0.3 is 6.03 Å². The van der Waals surface area contributed by atoms with Gasteiger partial charge < -0.3 is 24.8 Å². The fourth-order valence-electron chi connectivity index (χ4n) is 3.17. The van der Waals surface area contributed by atoms with Crippen molar-refractivity contribution < 1.29 is 32.2 Å². The average Bonchev–Trinajstić information content (AvgIpc) is 2.83. The maximum atomic E-state index is 13.7. The lowest BCUT2D eigenvalue weighted by Gasteiger charge is -2.13. The molecule has 10 heteroatoms. The van der Waals surface area contributed by atoms with Crippen LogP contribution in [-0.4, -0.2) is 25.2 Å². The first kappa shape index (κ1) is 22.7. The van der Waals surface area contributed by atoms with Crippen LogP contribution in [0.2, 0.25) is 0 Å². The van der Waals surface area contributed by atoms with Crippen LogP contribution >= 0.6 is 0 Å². The van der Waals surface area contributed by atoms with E-state index in [1.54, 1.807) is 48.7 Å². The van der Waals surface area contributed by atoms with Crippen molar-refractivity contribution in [1.82, 2.24) is 4.98 Å². The molecule has 2 N–H and O–H groups in total. The van der Waals surface area contributed by atoms with Crippen LogP contribution in [0.1, 0.15) is 0 Å². The number of nitrogens with zero attached hydrogens (tertiary/aromatic N) is 1. The summed E-state index contributed by atoms with van der Waals surface area (Å²) in [4.78, 5) is 16.4. The molecule has 0 atom stereocenters. The minimum atomic E-state index is -1.35. The number of pyridine rings is 1. The van der Waals surface area contributed by atoms with Gasteiger partial charge in [0.1, 0.15) is 17.3 Å². The van der Waals surface area contributed by atoms with E-state index >= 15 is 0 Å². The third kappa shape index (κ3) is 4.80. The molecular formula is C24H18F3N3O4. The quantitative estimate of drug-likeness (QED) is 0.333. The van der Waals surface area contributed by atoms with Crippen LogP contribution in [0.3, 0.4) is 0 Å². The lowest BCUT2D eigenvalue weighted by molar-refractivity contribution is 0.262. The maximum Gasteiger partial charge on any atom is 0.323 e. The van der Waals surface area contributed by atoms with Crippen molar-refractivity contribution in [2.24, 2.45) is 0 Å². The number of urea groups is 1. The van der Waals surface area contributed by atoms with Gasteiger partial charge in [0, 0.05) is 35.5 Å². The molecule has 0 saturated heterocycles. The minimum Gasteiger partial charge on any atom is -0.493 e. The number of methoxy groups -OCH3 is 2. The molecule has 0 fully saturated rings. The summed E-state index contributed by atoms with van der Waals surface area (Å²) >= 11 is 0. The number of anilines is 2. The zero-order chi connectivity index (χ0) is 24.2. The summed E-state index contributed by atoms with van der Waals surface area (Å²) in [6.07, 6.45) is 1.60. The molecule has 0 radical (unpaired) electrons. The van der Waals surface area contributed by atoms with Gasteiger partial charge in [0.15, 0.2) is 23.1 Å². The molecule has 0 unspecified atom stereocenters. The maximum absolute atomic E-state index is 13.7. The first-order valence-electron chi connectivity index (χ1n) is 9.89. The molecule has 0 aliphatic heterocycles. The molecule has 0 aliphatic rings. The predicted molar refractivity (Wildman–Crippen MR) is 120 cm³/mol. The van der Waals surface area contributed by atoms with Crippen molar-refractivity contribution in [3.63, 3.8) is 0 Å². The van der Waals surface area contributed by atoms with Crippen molar-refractivity contribution in [3.8, 4) is 23.0 Å². The van der Waals surface area contributed by atoms with Crippen molar-refractivity contribution >= 4 is 28.3 Å². The number of aromatic nitrogens is 1. The van der Waals surface area contributed by atoms with Crippen LogP contribution in [0, 0.1) is 17.5 Å². The van der Waals surface area contributed by atoms with Gasteiger partial charge in [-0.05, 0) is 36.4 Å². The lowest BCUT2D eigenvalue weighted by Crippen LogP contribution is -2.20. The fraction of sp³-hybridized carbons (Fsp3) is 0.0833. The number of hydrogen-bond acceptors (Lipinski definition) is 5. The molecule has 4 aromatic rings. The first-order valence-corrected chi connectivity index (χ1v) is 9.89. The Kier molecular flexibility index (Phi) is 6.39.